The summed E-state index contributed by atoms with van der Waals surface area (Å²) in [6, 6.07) is 10.7. The zero-order valence-corrected chi connectivity index (χ0v) is 20.0. The van der Waals surface area contributed by atoms with Gasteiger partial charge in [-0.25, -0.2) is 4.79 Å². The first kappa shape index (κ1) is 28.7. The van der Waals surface area contributed by atoms with Crippen LogP contribution in [0.15, 0.2) is 54.6 Å². The summed E-state index contributed by atoms with van der Waals surface area (Å²) < 4.78 is 9.99. The summed E-state index contributed by atoms with van der Waals surface area (Å²) in [6.45, 7) is 0.720. The van der Waals surface area contributed by atoms with Gasteiger partial charge in [0.1, 0.15) is 18.7 Å². The van der Waals surface area contributed by atoms with Crippen LogP contribution in [0.2, 0.25) is 0 Å². The van der Waals surface area contributed by atoms with E-state index < -0.39 is 59.8 Å². The number of primary amides is 1. The van der Waals surface area contributed by atoms with Crippen LogP contribution in [0.1, 0.15) is 30.4 Å². The molecule has 37 heavy (non-hydrogen) atoms. The first-order chi connectivity index (χ1) is 17.7. The van der Waals surface area contributed by atoms with Crippen LogP contribution >= 0.6 is 0 Å². The lowest BCUT2D eigenvalue weighted by Gasteiger charge is -2.27. The van der Waals surface area contributed by atoms with Crippen LogP contribution in [0.25, 0.3) is 0 Å². The Hall–Kier alpha value is -4.52. The number of carbonyl (C=O) groups is 4. The fourth-order valence-electron chi connectivity index (χ4n) is 3.40. The molecule has 2 aromatic carbocycles. The number of nitrogens with one attached hydrogen (secondary N) is 2. The largest absolute Gasteiger partial charge is 0.466 e. The lowest BCUT2D eigenvalue weighted by Crippen LogP contribution is -2.56. The minimum atomic E-state index is -1.51. The van der Waals surface area contributed by atoms with Gasteiger partial charge in [0.25, 0.3) is 5.69 Å². The van der Waals surface area contributed by atoms with Gasteiger partial charge in [-0.1, -0.05) is 42.5 Å². The Balaban J connectivity index is 2.18. The Morgan fingerprint density at radius 1 is 1.03 bits per heavy atom. The number of carbonyl (C=O) groups excluding carboxylic acids is 4. The second-order valence-electron chi connectivity index (χ2n) is 7.79. The molecule has 0 saturated carbocycles. The molecule has 0 fully saturated rings. The summed E-state index contributed by atoms with van der Waals surface area (Å²) in [4.78, 5) is 59.9. The summed E-state index contributed by atoms with van der Waals surface area (Å²) in [6.07, 6.45) is -1.39. The summed E-state index contributed by atoms with van der Waals surface area (Å²) >= 11 is 0. The second kappa shape index (κ2) is 14.1. The van der Waals surface area contributed by atoms with Crippen LogP contribution in [0.4, 0.5) is 10.5 Å². The summed E-state index contributed by atoms with van der Waals surface area (Å²) in [5.41, 5.74) is 6.28. The highest BCUT2D eigenvalue weighted by Crippen LogP contribution is 2.26. The van der Waals surface area contributed by atoms with Gasteiger partial charge in [0.2, 0.25) is 11.8 Å². The van der Waals surface area contributed by atoms with E-state index in [-0.39, 0.29) is 18.9 Å². The van der Waals surface area contributed by atoms with Crippen molar-refractivity contribution in [3.8, 4) is 0 Å². The smallest absolute Gasteiger partial charge is 0.408 e. The van der Waals surface area contributed by atoms with Crippen molar-refractivity contribution in [2.24, 2.45) is 5.73 Å². The predicted molar refractivity (Wildman–Crippen MR) is 129 cm³/mol. The molecule has 0 unspecified atom stereocenters. The number of esters is 1. The van der Waals surface area contributed by atoms with E-state index in [0.717, 1.165) is 0 Å². The van der Waals surface area contributed by atoms with E-state index in [1.165, 1.54) is 24.3 Å². The number of alkyl carbamates (subject to hydrolysis) is 1. The van der Waals surface area contributed by atoms with Crippen LogP contribution < -0.4 is 16.4 Å². The number of rotatable bonds is 13. The maximum atomic E-state index is 12.8. The molecule has 0 aliphatic rings. The number of benzene rings is 2. The van der Waals surface area contributed by atoms with E-state index in [4.69, 9.17) is 15.2 Å². The van der Waals surface area contributed by atoms with Crippen molar-refractivity contribution in [3.05, 3.63) is 75.8 Å². The number of hydrogen-bond acceptors (Lipinski definition) is 9. The third-order valence-electron chi connectivity index (χ3n) is 5.23. The molecule has 2 aromatic rings. The van der Waals surface area contributed by atoms with E-state index in [9.17, 15) is 34.4 Å². The molecule has 13 heteroatoms. The van der Waals surface area contributed by atoms with Gasteiger partial charge in [-0.2, -0.15) is 0 Å². The summed E-state index contributed by atoms with van der Waals surface area (Å²) in [7, 11) is 0. The molecule has 0 radical (unpaired) electrons. The Labute approximate surface area is 212 Å². The van der Waals surface area contributed by atoms with Gasteiger partial charge in [-0.05, 0) is 18.1 Å². The van der Waals surface area contributed by atoms with Crippen molar-refractivity contribution < 1.29 is 38.7 Å². The van der Waals surface area contributed by atoms with Gasteiger partial charge in [0.05, 0.1) is 24.6 Å². The highest BCUT2D eigenvalue weighted by molar-refractivity contribution is 5.91. The summed E-state index contributed by atoms with van der Waals surface area (Å²) in [5, 5.41) is 25.2. The maximum absolute atomic E-state index is 12.8. The molecule has 0 heterocycles. The monoisotopic (exact) mass is 516 g/mol. The topological polar surface area (TPSA) is 200 Å². The highest BCUT2D eigenvalue weighted by atomic mass is 16.6. The molecule has 3 amide bonds. The van der Waals surface area contributed by atoms with E-state index in [1.54, 1.807) is 37.3 Å². The quantitative estimate of drug-likeness (QED) is 0.169. The lowest BCUT2D eigenvalue weighted by atomic mass is 9.87. The Morgan fingerprint density at radius 2 is 1.68 bits per heavy atom. The van der Waals surface area contributed by atoms with E-state index in [2.05, 4.69) is 10.6 Å². The molecule has 2 rings (SSSR count). The number of ether oxygens (including phenoxy) is 2. The first-order valence-corrected chi connectivity index (χ1v) is 11.2. The number of amides is 3. The molecular weight excluding hydrogens is 488 g/mol. The van der Waals surface area contributed by atoms with Crippen LogP contribution in [0.5, 0.6) is 0 Å². The molecule has 0 aromatic heterocycles. The molecular formula is C24H28N4O9. The molecule has 0 saturated heterocycles. The molecule has 0 spiro atoms. The fourth-order valence-corrected chi connectivity index (χ4v) is 3.40. The zero-order valence-electron chi connectivity index (χ0n) is 20.0. The average molecular weight is 517 g/mol. The molecule has 198 valence electrons. The normalized spacial score (nSPS) is 12.9. The van der Waals surface area contributed by atoms with Crippen LogP contribution in [0.3, 0.4) is 0 Å². The number of nitrogens with zero attached hydrogens (tertiary/aromatic N) is 1. The van der Waals surface area contributed by atoms with Gasteiger partial charge in [-0.15, -0.1) is 0 Å². The summed E-state index contributed by atoms with van der Waals surface area (Å²) in [5.74, 6) is -3.76. The minimum absolute atomic E-state index is 0.0566. The molecule has 5 N–H and O–H groups in total. The third-order valence-corrected chi connectivity index (χ3v) is 5.23. The number of aliphatic hydroxyl groups excluding tert-OH is 1. The van der Waals surface area contributed by atoms with Gasteiger partial charge < -0.3 is 30.9 Å². The first-order valence-electron chi connectivity index (χ1n) is 11.2. The number of hydrogen-bond donors (Lipinski definition) is 4. The number of nitro groups is 1. The van der Waals surface area contributed by atoms with Crippen LogP contribution in [-0.4, -0.2) is 59.2 Å². The third kappa shape index (κ3) is 8.89. The molecule has 0 aliphatic carbocycles. The van der Waals surface area contributed by atoms with Gasteiger partial charge in [-0.3, -0.25) is 24.5 Å². The molecule has 3 atom stereocenters. The Kier molecular flexibility index (Phi) is 11.0. The standard InChI is InChI=1S/C24H28N4O9/c1-2-36-20(30)12-18(16-8-10-17(11-9-16)28(34)35)21(22(25)31)27-23(32)19(13-29)26-24(33)37-14-15-6-4-3-5-7-15/h3-11,18-19,21,29H,2,12-14H2,1H3,(H2,25,31)(H,26,33)(H,27,32)/t18-,19+,21-/m1/s1. The van der Waals surface area contributed by atoms with Gasteiger partial charge >= 0.3 is 12.1 Å². The minimum Gasteiger partial charge on any atom is -0.466 e. The predicted octanol–water partition coefficient (Wildman–Crippen LogP) is 0.889. The van der Waals surface area contributed by atoms with Gasteiger partial charge in [0.15, 0.2) is 0 Å². The number of nitro benzene ring substituents is 1. The molecule has 0 aliphatic heterocycles. The van der Waals surface area contributed by atoms with Crippen LogP contribution in [-0.2, 0) is 30.5 Å². The van der Waals surface area contributed by atoms with E-state index in [1.807, 2.05) is 0 Å². The maximum Gasteiger partial charge on any atom is 0.408 e. The Bertz CT molecular complexity index is 1090. The second-order valence-corrected chi connectivity index (χ2v) is 7.79. The number of non-ortho nitro benzene ring substituents is 1. The van der Waals surface area contributed by atoms with Crippen molar-refractivity contribution in [3.63, 3.8) is 0 Å². The average Bonchev–Trinajstić information content (AvgIpc) is 2.88. The van der Waals surface area contributed by atoms with Crippen molar-refractivity contribution in [1.82, 2.24) is 10.6 Å². The lowest BCUT2D eigenvalue weighted by molar-refractivity contribution is -0.384. The van der Waals surface area contributed by atoms with E-state index in [0.29, 0.717) is 11.1 Å². The number of aliphatic hydroxyl groups is 1. The van der Waals surface area contributed by atoms with E-state index >= 15 is 0 Å². The number of nitrogens with two attached hydrogens (primary N) is 1. The molecule has 0 bridgehead atoms. The Morgan fingerprint density at radius 3 is 2.22 bits per heavy atom. The van der Waals surface area contributed by atoms with Crippen molar-refractivity contribution >= 4 is 29.6 Å². The van der Waals surface area contributed by atoms with Crippen molar-refractivity contribution in [1.29, 1.82) is 0 Å². The fraction of sp³-hybridized carbons (Fsp3) is 0.333. The SMILES string of the molecule is CCOC(=O)C[C@H](c1ccc([N+](=O)[O-])cc1)[C@@H](NC(=O)[C@H](CO)NC(=O)OCc1ccccc1)C(N)=O. The molecule has 13 nitrogen and oxygen atoms in total. The van der Waals surface area contributed by atoms with Crippen LogP contribution in [0, 0.1) is 10.1 Å². The van der Waals surface area contributed by atoms with Crippen molar-refractivity contribution in [2.75, 3.05) is 13.2 Å². The highest BCUT2D eigenvalue weighted by Gasteiger charge is 2.34. The van der Waals surface area contributed by atoms with Crippen molar-refractivity contribution in [2.45, 2.75) is 38.0 Å². The zero-order chi connectivity index (χ0) is 27.4. The van der Waals surface area contributed by atoms with Gasteiger partial charge in [0, 0.05) is 18.1 Å².